The first-order valence-electron chi connectivity index (χ1n) is 5.49. The highest BCUT2D eigenvalue weighted by Crippen LogP contribution is 2.29. The largest absolute Gasteiger partial charge is 0.321 e. The number of rotatable bonds is 3. The second kappa shape index (κ2) is 6.02. The van der Waals surface area contributed by atoms with E-state index in [0.29, 0.717) is 10.2 Å². The Bertz CT molecular complexity index is 691. The van der Waals surface area contributed by atoms with E-state index in [4.69, 9.17) is 11.6 Å². The smallest absolute Gasteiger partial charge is 0.300 e. The Morgan fingerprint density at radius 1 is 1.20 bits per heavy atom. The highest BCUT2D eigenvalue weighted by atomic mass is 79.9. The number of halogens is 2. The molecule has 20 heavy (non-hydrogen) atoms. The fraction of sp³-hybridized carbons (Fsp3) is 0. The van der Waals surface area contributed by atoms with Crippen LogP contribution in [0.2, 0.25) is 5.02 Å². The lowest BCUT2D eigenvalue weighted by Crippen LogP contribution is -2.14. The van der Waals surface area contributed by atoms with Gasteiger partial charge < -0.3 is 5.32 Å². The van der Waals surface area contributed by atoms with Gasteiger partial charge in [-0.1, -0.05) is 29.8 Å². The van der Waals surface area contributed by atoms with Crippen molar-refractivity contribution in [1.29, 1.82) is 0 Å². The predicted octanol–water partition coefficient (Wildman–Crippen LogP) is 4.26. The first kappa shape index (κ1) is 14.5. The molecule has 2 rings (SSSR count). The number of anilines is 1. The van der Waals surface area contributed by atoms with Crippen LogP contribution in [0.4, 0.5) is 11.4 Å². The van der Waals surface area contributed by atoms with Gasteiger partial charge in [-0.05, 0) is 40.2 Å². The summed E-state index contributed by atoms with van der Waals surface area (Å²) >= 11 is 9.06. The highest BCUT2D eigenvalue weighted by molar-refractivity contribution is 9.10. The molecule has 0 saturated heterocycles. The van der Waals surface area contributed by atoms with Crippen molar-refractivity contribution in [2.24, 2.45) is 0 Å². The minimum Gasteiger partial charge on any atom is -0.321 e. The van der Waals surface area contributed by atoms with E-state index < -0.39 is 16.5 Å². The van der Waals surface area contributed by atoms with Gasteiger partial charge in [-0.3, -0.25) is 14.9 Å². The second-order valence-electron chi connectivity index (χ2n) is 3.83. The van der Waals surface area contributed by atoms with Gasteiger partial charge in [0.1, 0.15) is 10.6 Å². The normalized spacial score (nSPS) is 10.1. The molecule has 2 aromatic rings. The molecule has 0 aliphatic carbocycles. The summed E-state index contributed by atoms with van der Waals surface area (Å²) in [6, 6.07) is 11.2. The van der Waals surface area contributed by atoms with E-state index in [2.05, 4.69) is 21.2 Å². The van der Waals surface area contributed by atoms with Gasteiger partial charge in [-0.25, -0.2) is 0 Å². The van der Waals surface area contributed by atoms with Crippen LogP contribution in [0, 0.1) is 10.1 Å². The number of carbonyl (C=O) groups excluding carboxylic acids is 1. The van der Waals surface area contributed by atoms with Gasteiger partial charge in [-0.15, -0.1) is 0 Å². The van der Waals surface area contributed by atoms with Crippen LogP contribution in [0.5, 0.6) is 0 Å². The van der Waals surface area contributed by atoms with E-state index in [9.17, 15) is 14.9 Å². The quantitative estimate of drug-likeness (QED) is 0.660. The molecule has 5 nitrogen and oxygen atoms in total. The van der Waals surface area contributed by atoms with E-state index >= 15 is 0 Å². The van der Waals surface area contributed by atoms with Crippen LogP contribution in [0.15, 0.2) is 46.9 Å². The zero-order valence-corrected chi connectivity index (χ0v) is 12.3. The van der Waals surface area contributed by atoms with Crippen molar-refractivity contribution >= 4 is 44.8 Å². The molecule has 0 spiro atoms. The predicted molar refractivity (Wildman–Crippen MR) is 80.2 cm³/mol. The van der Waals surface area contributed by atoms with Crippen LogP contribution in [0.25, 0.3) is 0 Å². The number of amides is 1. The SMILES string of the molecule is O=C(Nc1ccccc1Br)c1cccc(Cl)c1[N+](=O)[O-]. The Morgan fingerprint density at radius 3 is 2.55 bits per heavy atom. The molecule has 0 aromatic heterocycles. The van der Waals surface area contributed by atoms with Crippen molar-refractivity contribution in [3.63, 3.8) is 0 Å². The molecule has 1 N–H and O–H groups in total. The van der Waals surface area contributed by atoms with Gasteiger partial charge in [0.25, 0.3) is 5.91 Å². The number of nitro groups is 1. The number of para-hydroxylation sites is 2. The van der Waals surface area contributed by atoms with Crippen LogP contribution in [-0.2, 0) is 0 Å². The molecule has 0 heterocycles. The van der Waals surface area contributed by atoms with Crippen LogP contribution in [0.1, 0.15) is 10.4 Å². The molecule has 0 aliphatic heterocycles. The maximum absolute atomic E-state index is 12.1. The second-order valence-corrected chi connectivity index (χ2v) is 5.09. The van der Waals surface area contributed by atoms with Crippen molar-refractivity contribution in [3.8, 4) is 0 Å². The molecular formula is C13H8BrClN2O3. The average Bonchev–Trinajstić information content (AvgIpc) is 2.40. The number of nitrogens with zero attached hydrogens (tertiary/aromatic N) is 1. The number of hydrogen-bond acceptors (Lipinski definition) is 3. The molecule has 102 valence electrons. The van der Waals surface area contributed by atoms with E-state index in [-0.39, 0.29) is 10.6 Å². The summed E-state index contributed by atoms with van der Waals surface area (Å²) in [7, 11) is 0. The molecule has 0 unspecified atom stereocenters. The number of nitrogens with one attached hydrogen (secondary N) is 1. The number of hydrogen-bond donors (Lipinski definition) is 1. The summed E-state index contributed by atoms with van der Waals surface area (Å²) in [5, 5.41) is 13.5. The summed E-state index contributed by atoms with van der Waals surface area (Å²) in [6.45, 7) is 0. The average molecular weight is 356 g/mol. The van der Waals surface area contributed by atoms with Gasteiger partial charge in [0.2, 0.25) is 0 Å². The molecule has 0 saturated carbocycles. The molecule has 7 heteroatoms. The first-order chi connectivity index (χ1) is 9.50. The Labute approximate surface area is 127 Å². The standard InChI is InChI=1S/C13H8BrClN2O3/c14-9-5-1-2-7-11(9)16-13(18)8-4-3-6-10(15)12(8)17(19)20/h1-7H,(H,16,18). The summed E-state index contributed by atoms with van der Waals surface area (Å²) in [4.78, 5) is 22.5. The lowest BCUT2D eigenvalue weighted by Gasteiger charge is -2.08. The lowest BCUT2D eigenvalue weighted by molar-refractivity contribution is -0.385. The third kappa shape index (κ3) is 2.97. The summed E-state index contributed by atoms with van der Waals surface area (Å²) in [5.41, 5.74) is 0.0312. The van der Waals surface area contributed by atoms with Crippen LogP contribution >= 0.6 is 27.5 Å². The molecule has 2 aromatic carbocycles. The maximum atomic E-state index is 12.1. The van der Waals surface area contributed by atoms with Crippen LogP contribution in [-0.4, -0.2) is 10.8 Å². The van der Waals surface area contributed by atoms with Crippen molar-refractivity contribution in [2.75, 3.05) is 5.32 Å². The monoisotopic (exact) mass is 354 g/mol. The van der Waals surface area contributed by atoms with E-state index in [0.717, 1.165) is 0 Å². The summed E-state index contributed by atoms with van der Waals surface area (Å²) in [6.07, 6.45) is 0. The van der Waals surface area contributed by atoms with Gasteiger partial charge in [0.05, 0.1) is 10.6 Å². The van der Waals surface area contributed by atoms with Gasteiger partial charge >= 0.3 is 5.69 Å². The molecular weight excluding hydrogens is 348 g/mol. The van der Waals surface area contributed by atoms with Crippen molar-refractivity contribution in [2.45, 2.75) is 0 Å². The van der Waals surface area contributed by atoms with Gasteiger partial charge in [0.15, 0.2) is 0 Å². The Kier molecular flexibility index (Phi) is 4.36. The zero-order chi connectivity index (χ0) is 14.7. The van der Waals surface area contributed by atoms with Crippen molar-refractivity contribution < 1.29 is 9.72 Å². The van der Waals surface area contributed by atoms with Gasteiger partial charge in [-0.2, -0.15) is 0 Å². The topological polar surface area (TPSA) is 72.2 Å². The van der Waals surface area contributed by atoms with Crippen molar-refractivity contribution in [1.82, 2.24) is 0 Å². The molecule has 0 atom stereocenters. The zero-order valence-electron chi connectivity index (χ0n) is 9.97. The Morgan fingerprint density at radius 2 is 1.90 bits per heavy atom. The fourth-order valence-corrected chi connectivity index (χ4v) is 2.26. The Balaban J connectivity index is 2.38. The van der Waals surface area contributed by atoms with Crippen LogP contribution < -0.4 is 5.32 Å². The minimum absolute atomic E-state index is 0.0743. The summed E-state index contributed by atoms with van der Waals surface area (Å²) < 4.78 is 0.679. The molecule has 0 bridgehead atoms. The molecule has 1 amide bonds. The van der Waals surface area contributed by atoms with E-state index in [1.54, 1.807) is 24.3 Å². The lowest BCUT2D eigenvalue weighted by atomic mass is 10.1. The number of benzene rings is 2. The van der Waals surface area contributed by atoms with E-state index in [1.807, 2.05) is 0 Å². The van der Waals surface area contributed by atoms with Crippen molar-refractivity contribution in [3.05, 3.63) is 67.6 Å². The maximum Gasteiger partial charge on any atom is 0.300 e. The third-order valence-electron chi connectivity index (χ3n) is 2.54. The first-order valence-corrected chi connectivity index (χ1v) is 6.66. The molecule has 0 radical (unpaired) electrons. The number of carbonyl (C=O) groups is 1. The molecule has 0 fully saturated rings. The summed E-state index contributed by atoms with van der Waals surface area (Å²) in [5.74, 6) is -0.592. The highest BCUT2D eigenvalue weighted by Gasteiger charge is 2.23. The number of nitro benzene ring substituents is 1. The van der Waals surface area contributed by atoms with Gasteiger partial charge in [0, 0.05) is 4.47 Å². The fourth-order valence-electron chi connectivity index (χ4n) is 1.64. The third-order valence-corrected chi connectivity index (χ3v) is 3.53. The Hall–Kier alpha value is -1.92. The minimum atomic E-state index is -0.669. The van der Waals surface area contributed by atoms with E-state index in [1.165, 1.54) is 18.2 Å². The van der Waals surface area contributed by atoms with Crippen LogP contribution in [0.3, 0.4) is 0 Å². The molecule has 0 aliphatic rings.